The van der Waals surface area contributed by atoms with Gasteiger partial charge in [-0.05, 0) is 61.1 Å². The summed E-state index contributed by atoms with van der Waals surface area (Å²) in [7, 11) is 0. The second-order valence-electron chi connectivity index (χ2n) is 8.18. The van der Waals surface area contributed by atoms with E-state index < -0.39 is 0 Å². The predicted octanol–water partition coefficient (Wildman–Crippen LogP) is 6.10. The van der Waals surface area contributed by atoms with Gasteiger partial charge in [-0.3, -0.25) is 0 Å². The van der Waals surface area contributed by atoms with Crippen molar-refractivity contribution in [3.05, 3.63) is 17.2 Å². The van der Waals surface area contributed by atoms with E-state index in [1.54, 1.807) is 0 Å². The molecule has 3 N–H and O–H groups in total. The average Bonchev–Trinajstić information content (AvgIpc) is 2.47. The second-order valence-corrected chi connectivity index (χ2v) is 11.1. The Morgan fingerprint density at radius 1 is 0.833 bits per heavy atom. The molecule has 0 aliphatic rings. The number of phenolic OH excluding ortho intramolecular Hbond substituents is 3. The molecule has 0 radical (unpaired) electrons. The van der Waals surface area contributed by atoms with E-state index in [2.05, 4.69) is 57.2 Å². The molecule has 1 aromatic rings. The molecule has 3 nitrogen and oxygen atoms in total. The number of alkyl halides is 1. The molecular formula is C20H33IO3. The normalized spacial score (nSPS) is 12.6. The first-order valence-corrected chi connectivity index (χ1v) is 9.99. The Hall–Kier alpha value is -0.650. The summed E-state index contributed by atoms with van der Waals surface area (Å²) in [5.74, 6) is -0.706. The van der Waals surface area contributed by atoms with Crippen LogP contribution in [-0.2, 0) is 12.8 Å². The van der Waals surface area contributed by atoms with Crippen molar-refractivity contribution in [2.24, 2.45) is 5.41 Å². The maximum atomic E-state index is 10.1. The van der Waals surface area contributed by atoms with Crippen molar-refractivity contribution in [1.29, 1.82) is 0 Å². The zero-order valence-corrected chi connectivity index (χ0v) is 17.9. The summed E-state index contributed by atoms with van der Waals surface area (Å²) in [6.45, 7) is 11.1. The average molecular weight is 448 g/mol. The number of aromatic hydroxyl groups is 3. The quantitative estimate of drug-likeness (QED) is 0.243. The van der Waals surface area contributed by atoms with E-state index in [4.69, 9.17) is 0 Å². The third-order valence-corrected chi connectivity index (χ3v) is 5.42. The highest BCUT2D eigenvalue weighted by Crippen LogP contribution is 2.42. The van der Waals surface area contributed by atoms with Crippen LogP contribution < -0.4 is 0 Å². The van der Waals surface area contributed by atoms with Gasteiger partial charge in [-0.25, -0.2) is 0 Å². The minimum atomic E-state index is -0.369. The van der Waals surface area contributed by atoms with Crippen molar-refractivity contribution in [1.82, 2.24) is 0 Å². The Kier molecular flexibility index (Phi) is 7.70. The Morgan fingerprint density at radius 2 is 1.29 bits per heavy atom. The molecule has 0 heterocycles. The summed E-state index contributed by atoms with van der Waals surface area (Å²) in [6.07, 6.45) is 6.55. The van der Waals surface area contributed by atoms with E-state index in [9.17, 15) is 15.3 Å². The minimum Gasteiger partial charge on any atom is -0.504 e. The molecule has 0 amide bonds. The molecule has 4 heteroatoms. The van der Waals surface area contributed by atoms with Crippen LogP contribution in [0.1, 0.15) is 77.8 Å². The molecular weight excluding hydrogens is 415 g/mol. The molecule has 0 fully saturated rings. The number of phenols is 3. The maximum absolute atomic E-state index is 10.1. The molecule has 0 aliphatic carbocycles. The molecule has 0 atom stereocenters. The predicted molar refractivity (Wildman–Crippen MR) is 109 cm³/mol. The third-order valence-electron chi connectivity index (χ3n) is 4.88. The van der Waals surface area contributed by atoms with E-state index in [1.165, 1.54) is 0 Å². The van der Waals surface area contributed by atoms with Gasteiger partial charge in [-0.2, -0.15) is 0 Å². The molecule has 0 aliphatic heterocycles. The zero-order valence-electron chi connectivity index (χ0n) is 15.7. The fourth-order valence-corrected chi connectivity index (χ4v) is 3.16. The van der Waals surface area contributed by atoms with Crippen molar-refractivity contribution >= 4 is 22.6 Å². The highest BCUT2D eigenvalue weighted by atomic mass is 127. The summed E-state index contributed by atoms with van der Waals surface area (Å²) in [5.41, 5.74) is 1.76. The highest BCUT2D eigenvalue weighted by Gasteiger charge is 2.19. The highest BCUT2D eigenvalue weighted by molar-refractivity contribution is 14.1. The molecule has 1 rings (SSSR count). The Morgan fingerprint density at radius 3 is 1.71 bits per heavy atom. The van der Waals surface area contributed by atoms with Gasteiger partial charge in [-0.15, -0.1) is 0 Å². The van der Waals surface area contributed by atoms with Crippen LogP contribution in [0.25, 0.3) is 0 Å². The van der Waals surface area contributed by atoms with Crippen LogP contribution in [0, 0.1) is 5.41 Å². The van der Waals surface area contributed by atoms with Gasteiger partial charge in [0.2, 0.25) is 5.75 Å². The molecule has 0 saturated heterocycles. The smallest absolute Gasteiger partial charge is 0.200 e. The number of rotatable bonds is 9. The first-order valence-electron chi connectivity index (χ1n) is 8.91. The SMILES string of the molecule is CCC(C)(C)CCCc1cc(CCCC(C)(C)I)c(O)c(O)c1O. The molecule has 0 saturated carbocycles. The summed E-state index contributed by atoms with van der Waals surface area (Å²) >= 11 is 2.42. The maximum Gasteiger partial charge on any atom is 0.200 e. The van der Waals surface area contributed by atoms with Gasteiger partial charge in [-0.1, -0.05) is 63.6 Å². The molecule has 0 unspecified atom stereocenters. The number of halogens is 1. The van der Waals surface area contributed by atoms with Gasteiger partial charge in [0.25, 0.3) is 0 Å². The van der Waals surface area contributed by atoms with E-state index in [-0.39, 0.29) is 20.7 Å². The zero-order chi connectivity index (χ0) is 18.5. The van der Waals surface area contributed by atoms with Crippen molar-refractivity contribution in [3.8, 4) is 17.2 Å². The van der Waals surface area contributed by atoms with Crippen LogP contribution in [0.4, 0.5) is 0 Å². The lowest BCUT2D eigenvalue weighted by molar-refractivity contribution is 0.311. The minimum absolute atomic E-state index is 0.167. The Bertz CT molecular complexity index is 545. The first-order chi connectivity index (χ1) is 11.0. The topological polar surface area (TPSA) is 60.7 Å². The van der Waals surface area contributed by atoms with E-state index >= 15 is 0 Å². The summed E-state index contributed by atoms with van der Waals surface area (Å²) < 4.78 is 0.223. The number of hydrogen-bond donors (Lipinski definition) is 3. The van der Waals surface area contributed by atoms with Crippen molar-refractivity contribution in [3.63, 3.8) is 0 Å². The van der Waals surface area contributed by atoms with Crippen LogP contribution >= 0.6 is 22.6 Å². The first kappa shape index (κ1) is 21.4. The third kappa shape index (κ3) is 6.69. The lowest BCUT2D eigenvalue weighted by Crippen LogP contribution is -2.10. The van der Waals surface area contributed by atoms with Gasteiger partial charge in [0.05, 0.1) is 0 Å². The van der Waals surface area contributed by atoms with E-state index in [0.717, 1.165) is 43.2 Å². The van der Waals surface area contributed by atoms with Crippen molar-refractivity contribution in [2.75, 3.05) is 0 Å². The largest absolute Gasteiger partial charge is 0.504 e. The molecule has 138 valence electrons. The molecule has 0 bridgehead atoms. The van der Waals surface area contributed by atoms with E-state index in [0.29, 0.717) is 18.3 Å². The van der Waals surface area contributed by atoms with Crippen LogP contribution in [0.2, 0.25) is 0 Å². The summed E-state index contributed by atoms with van der Waals surface area (Å²) in [5, 5.41) is 30.3. The number of benzene rings is 1. The molecule has 0 spiro atoms. The van der Waals surface area contributed by atoms with Crippen LogP contribution in [0.3, 0.4) is 0 Å². The van der Waals surface area contributed by atoms with Gasteiger partial charge in [0.15, 0.2) is 11.5 Å². The fraction of sp³-hybridized carbons (Fsp3) is 0.700. The lowest BCUT2D eigenvalue weighted by Gasteiger charge is -2.22. The number of hydrogen-bond acceptors (Lipinski definition) is 3. The van der Waals surface area contributed by atoms with E-state index in [1.807, 2.05) is 6.07 Å². The number of aryl methyl sites for hydroxylation is 2. The van der Waals surface area contributed by atoms with Crippen LogP contribution in [-0.4, -0.2) is 18.7 Å². The summed E-state index contributed by atoms with van der Waals surface area (Å²) in [4.78, 5) is 0. The Balaban J connectivity index is 2.82. The van der Waals surface area contributed by atoms with Gasteiger partial charge < -0.3 is 15.3 Å². The van der Waals surface area contributed by atoms with Gasteiger partial charge in [0, 0.05) is 3.42 Å². The van der Waals surface area contributed by atoms with Gasteiger partial charge >= 0.3 is 0 Å². The molecule has 1 aromatic carbocycles. The standard InChI is InChI=1S/C20H33IO3/c1-6-19(2,3)11-7-9-14-13-15(10-8-12-20(4,5)21)17(23)18(24)16(14)22/h13,22-24H,6-12H2,1-5H3. The molecule has 0 aromatic heterocycles. The Labute approximate surface area is 160 Å². The molecule has 24 heavy (non-hydrogen) atoms. The summed E-state index contributed by atoms with van der Waals surface area (Å²) in [6, 6.07) is 1.86. The van der Waals surface area contributed by atoms with Crippen LogP contribution in [0.5, 0.6) is 17.2 Å². The lowest BCUT2D eigenvalue weighted by atomic mass is 9.84. The van der Waals surface area contributed by atoms with Crippen molar-refractivity contribution in [2.45, 2.75) is 83.0 Å². The van der Waals surface area contributed by atoms with Crippen molar-refractivity contribution < 1.29 is 15.3 Å². The fourth-order valence-electron chi connectivity index (χ4n) is 2.78. The monoisotopic (exact) mass is 448 g/mol. The second kappa shape index (κ2) is 8.63. The van der Waals surface area contributed by atoms with Crippen LogP contribution in [0.15, 0.2) is 6.07 Å². The van der Waals surface area contributed by atoms with Gasteiger partial charge in [0.1, 0.15) is 0 Å².